The average molecular weight is 248 g/mol. The maximum absolute atomic E-state index is 10.8. The number of aryl methyl sites for hydroxylation is 1. The topological polar surface area (TPSA) is 106 Å². The van der Waals surface area contributed by atoms with Crippen LogP contribution in [0.1, 0.15) is 29.3 Å². The van der Waals surface area contributed by atoms with Gasteiger partial charge in [-0.1, -0.05) is 0 Å². The maximum Gasteiger partial charge on any atom is 0.354 e. The van der Waals surface area contributed by atoms with Gasteiger partial charge >= 0.3 is 5.97 Å². The highest BCUT2D eigenvalue weighted by Crippen LogP contribution is 2.13. The van der Waals surface area contributed by atoms with Crippen LogP contribution in [-0.4, -0.2) is 35.8 Å². The molecule has 1 atom stereocenters. The number of nitrogens with zero attached hydrogens (tertiary/aromatic N) is 5. The zero-order valence-electron chi connectivity index (χ0n) is 9.90. The molecule has 0 aliphatic carbocycles. The molecule has 0 bridgehead atoms. The molecule has 2 N–H and O–H groups in total. The molecule has 2 heterocycles. The summed E-state index contributed by atoms with van der Waals surface area (Å²) in [5.41, 5.74) is -0.0577. The van der Waals surface area contributed by atoms with Crippen molar-refractivity contribution in [2.75, 3.05) is 5.32 Å². The number of aromatic nitrogens is 5. The molecule has 0 amide bonds. The van der Waals surface area contributed by atoms with E-state index in [0.29, 0.717) is 5.82 Å². The van der Waals surface area contributed by atoms with Crippen LogP contribution in [0.5, 0.6) is 0 Å². The lowest BCUT2D eigenvalue weighted by Crippen LogP contribution is -2.14. The van der Waals surface area contributed by atoms with Crippen LogP contribution in [0.3, 0.4) is 0 Å². The summed E-state index contributed by atoms with van der Waals surface area (Å²) in [4.78, 5) is 18.6. The van der Waals surface area contributed by atoms with Crippen LogP contribution in [0.4, 0.5) is 5.95 Å². The Labute approximate surface area is 103 Å². The first-order valence-electron chi connectivity index (χ1n) is 5.24. The van der Waals surface area contributed by atoms with Crippen LogP contribution in [0.25, 0.3) is 0 Å². The van der Waals surface area contributed by atoms with Crippen LogP contribution in [-0.2, 0) is 7.05 Å². The summed E-state index contributed by atoms with van der Waals surface area (Å²) in [6, 6.07) is 1.15. The lowest BCUT2D eigenvalue weighted by atomic mass is 10.3. The van der Waals surface area contributed by atoms with Gasteiger partial charge in [-0.05, 0) is 13.0 Å². The van der Waals surface area contributed by atoms with Crippen molar-refractivity contribution in [2.24, 2.45) is 7.05 Å². The molecular weight excluding hydrogens is 236 g/mol. The summed E-state index contributed by atoms with van der Waals surface area (Å²) < 4.78 is 1.76. The number of carboxylic acid groups (broad SMARTS) is 1. The lowest BCUT2D eigenvalue weighted by Gasteiger charge is -2.12. The fourth-order valence-corrected chi connectivity index (χ4v) is 1.49. The Kier molecular flexibility index (Phi) is 3.18. The van der Waals surface area contributed by atoms with Crippen molar-refractivity contribution in [1.29, 1.82) is 0 Å². The van der Waals surface area contributed by atoms with Crippen LogP contribution in [0.15, 0.2) is 18.6 Å². The Balaban J connectivity index is 2.17. The second kappa shape index (κ2) is 4.78. The summed E-state index contributed by atoms with van der Waals surface area (Å²) in [5, 5.41) is 19.5. The Morgan fingerprint density at radius 2 is 2.33 bits per heavy atom. The summed E-state index contributed by atoms with van der Waals surface area (Å²) in [6.07, 6.45) is 2.98. The molecule has 0 aromatic carbocycles. The van der Waals surface area contributed by atoms with E-state index in [-0.39, 0.29) is 17.7 Å². The molecule has 0 spiro atoms. The largest absolute Gasteiger partial charge is 0.477 e. The van der Waals surface area contributed by atoms with E-state index in [4.69, 9.17) is 5.11 Å². The molecule has 0 saturated carbocycles. The Morgan fingerprint density at radius 3 is 2.94 bits per heavy atom. The number of hydrogen-bond donors (Lipinski definition) is 2. The third kappa shape index (κ3) is 2.42. The minimum absolute atomic E-state index is 0.0577. The van der Waals surface area contributed by atoms with Gasteiger partial charge in [0.2, 0.25) is 5.95 Å². The zero-order valence-corrected chi connectivity index (χ0v) is 9.90. The van der Waals surface area contributed by atoms with E-state index in [1.165, 1.54) is 12.3 Å². The summed E-state index contributed by atoms with van der Waals surface area (Å²) >= 11 is 0. The molecule has 0 aliphatic rings. The molecule has 1 unspecified atom stereocenters. The molecule has 8 heteroatoms. The molecule has 2 rings (SSSR count). The fraction of sp³-hybridized carbons (Fsp3) is 0.300. The molecule has 0 aliphatic heterocycles. The predicted octanol–water partition coefficient (Wildman–Crippen LogP) is 0.476. The van der Waals surface area contributed by atoms with Crippen molar-refractivity contribution in [1.82, 2.24) is 24.7 Å². The van der Waals surface area contributed by atoms with E-state index in [1.54, 1.807) is 10.9 Å². The molecule has 0 radical (unpaired) electrons. The van der Waals surface area contributed by atoms with Crippen molar-refractivity contribution < 1.29 is 9.90 Å². The minimum atomic E-state index is -1.09. The lowest BCUT2D eigenvalue weighted by molar-refractivity contribution is 0.0690. The standard InChI is InChI=1S/C10H12N6O2/c1-6(8-15-12-5-16(8)2)13-10-11-4-3-7(14-10)9(17)18/h3-6H,1-2H3,(H,17,18)(H,11,13,14). The number of hydrogen-bond acceptors (Lipinski definition) is 6. The predicted molar refractivity (Wildman–Crippen MR) is 62.0 cm³/mol. The third-order valence-electron chi connectivity index (χ3n) is 2.35. The van der Waals surface area contributed by atoms with Gasteiger partial charge in [0.05, 0.1) is 6.04 Å². The van der Waals surface area contributed by atoms with Gasteiger partial charge in [0, 0.05) is 13.2 Å². The molecule has 8 nitrogen and oxygen atoms in total. The monoisotopic (exact) mass is 248 g/mol. The first-order valence-corrected chi connectivity index (χ1v) is 5.24. The van der Waals surface area contributed by atoms with E-state index in [0.717, 1.165) is 0 Å². The number of rotatable bonds is 4. The first-order chi connectivity index (χ1) is 8.58. The van der Waals surface area contributed by atoms with Crippen molar-refractivity contribution >= 4 is 11.9 Å². The summed E-state index contributed by atoms with van der Waals surface area (Å²) in [7, 11) is 1.82. The maximum atomic E-state index is 10.8. The highest BCUT2D eigenvalue weighted by atomic mass is 16.4. The Bertz CT molecular complexity index is 567. The number of anilines is 1. The van der Waals surface area contributed by atoms with Gasteiger partial charge < -0.3 is 15.0 Å². The van der Waals surface area contributed by atoms with E-state index in [9.17, 15) is 4.79 Å². The molecule has 2 aromatic rings. The van der Waals surface area contributed by atoms with Gasteiger partial charge in [0.1, 0.15) is 6.33 Å². The molecular formula is C10H12N6O2. The highest BCUT2D eigenvalue weighted by molar-refractivity contribution is 5.85. The Morgan fingerprint density at radius 1 is 1.56 bits per heavy atom. The van der Waals surface area contributed by atoms with Gasteiger partial charge in [0.25, 0.3) is 0 Å². The van der Waals surface area contributed by atoms with Crippen LogP contribution < -0.4 is 5.32 Å². The molecule has 0 fully saturated rings. The van der Waals surface area contributed by atoms with Gasteiger partial charge in [-0.3, -0.25) is 0 Å². The van der Waals surface area contributed by atoms with Crippen molar-refractivity contribution in [2.45, 2.75) is 13.0 Å². The van der Waals surface area contributed by atoms with Gasteiger partial charge in [-0.15, -0.1) is 10.2 Å². The van der Waals surface area contributed by atoms with E-state index in [2.05, 4.69) is 25.5 Å². The zero-order chi connectivity index (χ0) is 13.1. The van der Waals surface area contributed by atoms with Crippen molar-refractivity contribution in [3.63, 3.8) is 0 Å². The van der Waals surface area contributed by atoms with Crippen LogP contribution >= 0.6 is 0 Å². The minimum Gasteiger partial charge on any atom is -0.477 e. The second-order valence-corrected chi connectivity index (χ2v) is 3.74. The van der Waals surface area contributed by atoms with E-state index < -0.39 is 5.97 Å². The number of carboxylic acids is 1. The number of nitrogens with one attached hydrogen (secondary N) is 1. The number of aromatic carboxylic acids is 1. The van der Waals surface area contributed by atoms with Gasteiger partial charge in [-0.25, -0.2) is 14.8 Å². The molecule has 0 saturated heterocycles. The second-order valence-electron chi connectivity index (χ2n) is 3.74. The van der Waals surface area contributed by atoms with Crippen LogP contribution in [0, 0.1) is 0 Å². The van der Waals surface area contributed by atoms with Gasteiger partial charge in [-0.2, -0.15) is 0 Å². The molecule has 18 heavy (non-hydrogen) atoms. The fourth-order valence-electron chi connectivity index (χ4n) is 1.49. The quantitative estimate of drug-likeness (QED) is 0.810. The highest BCUT2D eigenvalue weighted by Gasteiger charge is 2.13. The van der Waals surface area contributed by atoms with E-state index >= 15 is 0 Å². The first kappa shape index (κ1) is 12.0. The summed E-state index contributed by atoms with van der Waals surface area (Å²) in [6.45, 7) is 1.86. The SMILES string of the molecule is CC(Nc1nccc(C(=O)O)n1)c1nncn1C. The van der Waals surface area contributed by atoms with Crippen molar-refractivity contribution in [3.05, 3.63) is 30.1 Å². The van der Waals surface area contributed by atoms with Gasteiger partial charge in [0.15, 0.2) is 11.5 Å². The van der Waals surface area contributed by atoms with Crippen molar-refractivity contribution in [3.8, 4) is 0 Å². The normalized spacial score (nSPS) is 12.1. The Hall–Kier alpha value is -2.51. The van der Waals surface area contributed by atoms with E-state index in [1.807, 2.05) is 14.0 Å². The summed E-state index contributed by atoms with van der Waals surface area (Å²) in [5.74, 6) is -0.142. The molecule has 2 aromatic heterocycles. The number of carbonyl (C=O) groups is 1. The van der Waals surface area contributed by atoms with Crippen LogP contribution in [0.2, 0.25) is 0 Å². The average Bonchev–Trinajstić information content (AvgIpc) is 2.76. The third-order valence-corrected chi connectivity index (χ3v) is 2.35. The smallest absolute Gasteiger partial charge is 0.354 e. The molecule has 94 valence electrons.